The van der Waals surface area contributed by atoms with Gasteiger partial charge in [0.05, 0.1) is 22.9 Å². The molecule has 0 spiro atoms. The molecule has 3 aromatic rings. The third kappa shape index (κ3) is 4.43. The summed E-state index contributed by atoms with van der Waals surface area (Å²) in [6.45, 7) is 2.05. The first-order valence-electron chi connectivity index (χ1n) is 7.98. The smallest absolute Gasteiger partial charge is 0.471 e. The molecule has 0 atom stereocenters. The Bertz CT molecular complexity index is 1020. The monoisotopic (exact) mass is 412 g/mol. The summed E-state index contributed by atoms with van der Waals surface area (Å²) < 4.78 is 52.7. The molecule has 0 radical (unpaired) electrons. The first-order valence-corrected chi connectivity index (χ1v) is 8.35. The maximum Gasteiger partial charge on any atom is 0.471 e. The lowest BCUT2D eigenvalue weighted by Gasteiger charge is -2.10. The van der Waals surface area contributed by atoms with E-state index < -0.39 is 12.1 Å². The van der Waals surface area contributed by atoms with Crippen LogP contribution < -0.4 is 4.74 Å². The normalized spacial score (nSPS) is 11.4. The Hall–Kier alpha value is -3.06. The van der Waals surface area contributed by atoms with Crippen molar-refractivity contribution in [3.05, 3.63) is 46.1 Å². The van der Waals surface area contributed by atoms with Gasteiger partial charge in [-0.25, -0.2) is 0 Å². The van der Waals surface area contributed by atoms with Gasteiger partial charge in [0, 0.05) is 18.1 Å². The molecular formula is C17H12ClF3N4O3. The second kappa shape index (κ2) is 7.90. The number of alkyl halides is 3. The molecule has 0 bridgehead atoms. The van der Waals surface area contributed by atoms with E-state index in [1.165, 1.54) is 12.1 Å². The zero-order valence-corrected chi connectivity index (χ0v) is 15.1. The van der Waals surface area contributed by atoms with Gasteiger partial charge in [-0.15, -0.1) is 0 Å². The molecule has 0 aliphatic carbocycles. The standard InChI is InChI=1S/C17H12ClF3N4O3/c1-9-5-12(27-24-9)3-2-4-26-14-11(8-22)6-10(7-13(14)18)15-23-16(28-25-15)17(19,20)21/h5-7H,2-4H2,1H3. The van der Waals surface area contributed by atoms with Crippen LogP contribution in [0.4, 0.5) is 13.2 Å². The van der Waals surface area contributed by atoms with Gasteiger partial charge < -0.3 is 13.8 Å². The predicted molar refractivity (Wildman–Crippen MR) is 89.5 cm³/mol. The molecule has 0 aliphatic rings. The molecule has 0 aliphatic heterocycles. The van der Waals surface area contributed by atoms with Gasteiger partial charge in [-0.3, -0.25) is 0 Å². The van der Waals surface area contributed by atoms with Crippen molar-refractivity contribution in [1.82, 2.24) is 15.3 Å². The SMILES string of the molecule is Cc1cc(CCCOc2c(Cl)cc(-c3noc(C(F)(F)F)n3)cc2C#N)on1. The molecule has 0 saturated carbocycles. The zero-order chi connectivity index (χ0) is 20.3. The minimum atomic E-state index is -4.77. The van der Waals surface area contributed by atoms with Crippen molar-refractivity contribution in [3.63, 3.8) is 0 Å². The van der Waals surface area contributed by atoms with Crippen LogP contribution in [0.2, 0.25) is 5.02 Å². The zero-order valence-electron chi connectivity index (χ0n) is 14.4. The highest BCUT2D eigenvalue weighted by molar-refractivity contribution is 6.32. The van der Waals surface area contributed by atoms with Gasteiger partial charge in [0.2, 0.25) is 5.82 Å². The third-order valence-corrected chi connectivity index (χ3v) is 3.86. The minimum Gasteiger partial charge on any atom is -0.491 e. The number of aromatic nitrogens is 3. The Morgan fingerprint density at radius 1 is 1.21 bits per heavy atom. The van der Waals surface area contributed by atoms with Crippen LogP contribution in [0.1, 0.15) is 29.3 Å². The summed E-state index contributed by atoms with van der Waals surface area (Å²) in [6.07, 6.45) is -3.60. The van der Waals surface area contributed by atoms with E-state index in [0.717, 1.165) is 5.69 Å². The van der Waals surface area contributed by atoms with Gasteiger partial charge in [-0.05, 0) is 25.5 Å². The van der Waals surface area contributed by atoms with E-state index in [0.29, 0.717) is 18.6 Å². The molecule has 0 unspecified atom stereocenters. The summed E-state index contributed by atoms with van der Waals surface area (Å²) in [7, 11) is 0. The lowest BCUT2D eigenvalue weighted by molar-refractivity contribution is -0.159. The largest absolute Gasteiger partial charge is 0.491 e. The molecule has 0 saturated heterocycles. The maximum atomic E-state index is 12.6. The van der Waals surface area contributed by atoms with Gasteiger partial charge in [-0.2, -0.15) is 23.4 Å². The summed E-state index contributed by atoms with van der Waals surface area (Å²) in [5, 5.41) is 16.4. The van der Waals surface area contributed by atoms with Crippen LogP contribution in [0.15, 0.2) is 27.2 Å². The molecule has 1 aromatic carbocycles. The van der Waals surface area contributed by atoms with E-state index in [1.54, 1.807) is 0 Å². The van der Waals surface area contributed by atoms with Crippen molar-refractivity contribution in [2.24, 2.45) is 0 Å². The van der Waals surface area contributed by atoms with Gasteiger partial charge in [0.25, 0.3) is 0 Å². The fourth-order valence-electron chi connectivity index (χ4n) is 2.36. The van der Waals surface area contributed by atoms with E-state index in [4.69, 9.17) is 20.9 Å². The van der Waals surface area contributed by atoms with Gasteiger partial charge in [0.1, 0.15) is 11.8 Å². The summed E-state index contributed by atoms with van der Waals surface area (Å²) in [5.41, 5.74) is 0.915. The van der Waals surface area contributed by atoms with Crippen molar-refractivity contribution in [2.45, 2.75) is 25.9 Å². The van der Waals surface area contributed by atoms with Crippen LogP contribution in [-0.4, -0.2) is 21.9 Å². The quantitative estimate of drug-likeness (QED) is 0.546. The fourth-order valence-corrected chi connectivity index (χ4v) is 2.64. The molecule has 3 rings (SSSR count). The Balaban J connectivity index is 1.72. The molecule has 11 heteroatoms. The molecule has 146 valence electrons. The summed E-state index contributed by atoms with van der Waals surface area (Å²) in [4.78, 5) is 3.28. The highest BCUT2D eigenvalue weighted by Gasteiger charge is 2.38. The van der Waals surface area contributed by atoms with E-state index in [1.807, 2.05) is 19.1 Å². The highest BCUT2D eigenvalue weighted by Crippen LogP contribution is 2.35. The predicted octanol–water partition coefficient (Wildman–Crippen LogP) is 4.59. The second-order valence-corrected chi connectivity index (χ2v) is 6.16. The molecule has 2 aromatic heterocycles. The summed E-state index contributed by atoms with van der Waals surface area (Å²) >= 11 is 6.15. The number of nitriles is 1. The van der Waals surface area contributed by atoms with Crippen molar-refractivity contribution >= 4 is 11.6 Å². The highest BCUT2D eigenvalue weighted by atomic mass is 35.5. The van der Waals surface area contributed by atoms with Crippen LogP contribution in [0.25, 0.3) is 11.4 Å². The molecule has 0 amide bonds. The fraction of sp³-hybridized carbons (Fsp3) is 0.294. The number of nitrogens with zero attached hydrogens (tertiary/aromatic N) is 4. The number of rotatable bonds is 6. The second-order valence-electron chi connectivity index (χ2n) is 5.75. The first-order chi connectivity index (χ1) is 13.3. The van der Waals surface area contributed by atoms with Crippen molar-refractivity contribution in [1.29, 1.82) is 5.26 Å². The van der Waals surface area contributed by atoms with E-state index >= 15 is 0 Å². The van der Waals surface area contributed by atoms with Gasteiger partial charge in [0.15, 0.2) is 5.75 Å². The molecule has 7 nitrogen and oxygen atoms in total. The lowest BCUT2D eigenvalue weighted by atomic mass is 10.1. The van der Waals surface area contributed by atoms with Crippen LogP contribution in [0, 0.1) is 18.3 Å². The minimum absolute atomic E-state index is 0.0383. The van der Waals surface area contributed by atoms with Crippen LogP contribution in [-0.2, 0) is 12.6 Å². The summed E-state index contributed by atoms with van der Waals surface area (Å²) in [5.74, 6) is -0.986. The molecule has 2 heterocycles. The molecule has 28 heavy (non-hydrogen) atoms. The van der Waals surface area contributed by atoms with Crippen molar-refractivity contribution in [3.8, 4) is 23.2 Å². The third-order valence-electron chi connectivity index (χ3n) is 3.58. The molecule has 0 fully saturated rings. The first kappa shape index (κ1) is 19.7. The Morgan fingerprint density at radius 3 is 2.61 bits per heavy atom. The van der Waals surface area contributed by atoms with Gasteiger partial charge >= 0.3 is 12.1 Å². The topological polar surface area (TPSA) is 98.0 Å². The van der Waals surface area contributed by atoms with E-state index in [2.05, 4.69) is 19.8 Å². The number of hydrogen-bond donors (Lipinski definition) is 0. The lowest BCUT2D eigenvalue weighted by Crippen LogP contribution is -2.05. The summed E-state index contributed by atoms with van der Waals surface area (Å²) in [6, 6.07) is 6.30. The molecular weight excluding hydrogens is 401 g/mol. The van der Waals surface area contributed by atoms with E-state index in [-0.39, 0.29) is 34.3 Å². The number of halogens is 4. The number of ether oxygens (including phenoxy) is 1. The Kier molecular flexibility index (Phi) is 5.56. The average molecular weight is 413 g/mol. The number of hydrogen-bond acceptors (Lipinski definition) is 7. The Labute approximate surface area is 161 Å². The van der Waals surface area contributed by atoms with Crippen molar-refractivity contribution < 1.29 is 27.0 Å². The van der Waals surface area contributed by atoms with Crippen LogP contribution in [0.3, 0.4) is 0 Å². The average Bonchev–Trinajstić information content (AvgIpc) is 3.28. The number of benzene rings is 1. The van der Waals surface area contributed by atoms with Crippen LogP contribution >= 0.6 is 11.6 Å². The Morgan fingerprint density at radius 2 is 2.00 bits per heavy atom. The maximum absolute atomic E-state index is 12.6. The van der Waals surface area contributed by atoms with E-state index in [9.17, 15) is 18.4 Å². The van der Waals surface area contributed by atoms with Gasteiger partial charge in [-0.1, -0.05) is 21.9 Å². The molecule has 0 N–H and O–H groups in total. The van der Waals surface area contributed by atoms with Crippen LogP contribution in [0.5, 0.6) is 5.75 Å². The van der Waals surface area contributed by atoms with Crippen molar-refractivity contribution in [2.75, 3.05) is 6.61 Å². The number of aryl methyl sites for hydroxylation is 2.